The molecule has 4 nitrogen and oxygen atoms in total. The molecule has 2 N–H and O–H groups in total. The summed E-state index contributed by atoms with van der Waals surface area (Å²) in [6.07, 6.45) is 6.76. The highest BCUT2D eigenvalue weighted by atomic mass is 16.2. The van der Waals surface area contributed by atoms with Gasteiger partial charge in [-0.3, -0.25) is 4.79 Å². The number of hydrogen-bond acceptors (Lipinski definition) is 3. The lowest BCUT2D eigenvalue weighted by Gasteiger charge is -2.32. The fourth-order valence-electron chi connectivity index (χ4n) is 5.16. The van der Waals surface area contributed by atoms with Crippen LogP contribution in [-0.2, 0) is 12.1 Å². The number of benzene rings is 3. The number of carbonyl (C=O) groups excluding carboxylic acids is 1. The molecule has 164 valence electrons. The average Bonchev–Trinajstić information content (AvgIpc) is 3.24. The lowest BCUT2D eigenvalue weighted by Crippen LogP contribution is -2.41. The second-order valence-electron chi connectivity index (χ2n) is 9.15. The molecule has 0 unspecified atom stereocenters. The fourth-order valence-corrected chi connectivity index (χ4v) is 5.16. The van der Waals surface area contributed by atoms with Crippen LogP contribution in [0.2, 0.25) is 0 Å². The predicted molar refractivity (Wildman–Crippen MR) is 131 cm³/mol. The molecular formula is C28H31N3O. The number of nitrogens with one attached hydrogen (secondary N) is 2. The molecule has 1 saturated carbocycles. The van der Waals surface area contributed by atoms with Gasteiger partial charge < -0.3 is 15.5 Å². The summed E-state index contributed by atoms with van der Waals surface area (Å²) in [6.45, 7) is 0. The third-order valence-corrected chi connectivity index (χ3v) is 7.00. The fraction of sp³-hybridized carbons (Fsp3) is 0.321. The van der Waals surface area contributed by atoms with Gasteiger partial charge in [-0.2, -0.15) is 0 Å². The van der Waals surface area contributed by atoms with Crippen LogP contribution >= 0.6 is 0 Å². The lowest BCUT2D eigenvalue weighted by atomic mass is 9.91. The minimum Gasteiger partial charge on any atom is -0.357 e. The van der Waals surface area contributed by atoms with Crippen molar-refractivity contribution in [3.8, 4) is 0 Å². The average molecular weight is 426 g/mol. The van der Waals surface area contributed by atoms with Crippen molar-refractivity contribution in [2.75, 3.05) is 17.7 Å². The molecule has 1 heterocycles. The minimum absolute atomic E-state index is 0.130. The molecule has 5 rings (SSSR count). The molecule has 3 aromatic carbocycles. The zero-order chi connectivity index (χ0) is 22.0. The van der Waals surface area contributed by atoms with Crippen molar-refractivity contribution < 1.29 is 4.79 Å². The summed E-state index contributed by atoms with van der Waals surface area (Å²) < 4.78 is 0. The number of amides is 1. The van der Waals surface area contributed by atoms with E-state index >= 15 is 0 Å². The largest absolute Gasteiger partial charge is 0.357 e. The summed E-state index contributed by atoms with van der Waals surface area (Å²) in [6, 6.07) is 27.4. The maximum Gasteiger partial charge on any atom is 0.253 e. The van der Waals surface area contributed by atoms with Gasteiger partial charge in [0.15, 0.2) is 0 Å². The van der Waals surface area contributed by atoms with Crippen LogP contribution in [0.1, 0.15) is 53.6 Å². The standard InChI is InChI=1S/C28H31N3O/c1-31(24-12-6-3-7-13-24)27(32)22-18-16-21(17-19-22)20-28(23-10-4-2-5-11-23)29-25-14-8-9-15-26(25)30-28/h2,4-5,8-11,14-19,24,29-30H,3,6-7,12-13,20H2,1H3. The van der Waals surface area contributed by atoms with Gasteiger partial charge >= 0.3 is 0 Å². The molecule has 32 heavy (non-hydrogen) atoms. The van der Waals surface area contributed by atoms with Gasteiger partial charge in [-0.25, -0.2) is 0 Å². The smallest absolute Gasteiger partial charge is 0.253 e. The number of nitrogens with zero attached hydrogens (tertiary/aromatic N) is 1. The monoisotopic (exact) mass is 425 g/mol. The highest BCUT2D eigenvalue weighted by molar-refractivity contribution is 5.94. The van der Waals surface area contributed by atoms with Gasteiger partial charge in [-0.15, -0.1) is 0 Å². The summed E-state index contributed by atoms with van der Waals surface area (Å²) in [4.78, 5) is 15.0. The maximum atomic E-state index is 13.0. The first-order chi connectivity index (χ1) is 15.6. The van der Waals surface area contributed by atoms with Crippen LogP contribution in [0.5, 0.6) is 0 Å². The Hall–Kier alpha value is -3.27. The van der Waals surface area contributed by atoms with E-state index in [2.05, 4.69) is 71.3 Å². The van der Waals surface area contributed by atoms with Crippen LogP contribution in [0, 0.1) is 0 Å². The van der Waals surface area contributed by atoms with Gasteiger partial charge in [0.25, 0.3) is 5.91 Å². The first-order valence-electron chi connectivity index (χ1n) is 11.7. The highest BCUT2D eigenvalue weighted by Gasteiger charge is 2.38. The molecule has 1 aliphatic heterocycles. The number of hydrogen-bond donors (Lipinski definition) is 2. The van der Waals surface area contributed by atoms with E-state index < -0.39 is 5.66 Å². The van der Waals surface area contributed by atoms with Gasteiger partial charge in [0.2, 0.25) is 0 Å². The highest BCUT2D eigenvalue weighted by Crippen LogP contribution is 2.41. The van der Waals surface area contributed by atoms with Crippen molar-refractivity contribution in [3.63, 3.8) is 0 Å². The zero-order valence-corrected chi connectivity index (χ0v) is 18.7. The number of fused-ring (bicyclic) bond motifs is 1. The maximum absolute atomic E-state index is 13.0. The third-order valence-electron chi connectivity index (χ3n) is 7.00. The molecule has 2 aliphatic rings. The number of carbonyl (C=O) groups is 1. The van der Waals surface area contributed by atoms with Crippen molar-refractivity contribution in [2.45, 2.75) is 50.2 Å². The Bertz CT molecular complexity index is 1050. The second-order valence-corrected chi connectivity index (χ2v) is 9.15. The summed E-state index contributed by atoms with van der Waals surface area (Å²) >= 11 is 0. The molecule has 1 fully saturated rings. The van der Waals surface area contributed by atoms with Gasteiger partial charge in [0, 0.05) is 25.1 Å². The third kappa shape index (κ3) is 3.97. The summed E-state index contributed by atoms with van der Waals surface area (Å²) in [5.74, 6) is 0.130. The number of anilines is 2. The Labute approximate surface area is 190 Å². The second kappa shape index (κ2) is 8.70. The SMILES string of the molecule is CN(C(=O)c1ccc(CC2(c3ccccc3)Nc3ccccc3N2)cc1)C1CCCCC1. The van der Waals surface area contributed by atoms with Crippen LogP contribution in [0.15, 0.2) is 78.9 Å². The van der Waals surface area contributed by atoms with E-state index in [-0.39, 0.29) is 5.91 Å². The van der Waals surface area contributed by atoms with E-state index in [0.717, 1.165) is 36.2 Å². The molecule has 0 spiro atoms. The quantitative estimate of drug-likeness (QED) is 0.525. The van der Waals surface area contributed by atoms with Gasteiger partial charge in [-0.1, -0.05) is 73.9 Å². The van der Waals surface area contributed by atoms with Gasteiger partial charge in [-0.05, 0) is 48.2 Å². The molecule has 1 aliphatic carbocycles. The normalized spacial score (nSPS) is 17.2. The van der Waals surface area contributed by atoms with E-state index in [9.17, 15) is 4.79 Å². The molecule has 0 radical (unpaired) electrons. The molecule has 3 aromatic rings. The van der Waals surface area contributed by atoms with E-state index in [1.165, 1.54) is 30.4 Å². The Morgan fingerprint density at radius 1 is 0.844 bits per heavy atom. The Morgan fingerprint density at radius 2 is 1.44 bits per heavy atom. The molecular weight excluding hydrogens is 394 g/mol. The number of para-hydroxylation sites is 2. The van der Waals surface area contributed by atoms with Gasteiger partial charge in [0.05, 0.1) is 11.4 Å². The van der Waals surface area contributed by atoms with Crippen molar-refractivity contribution in [1.82, 2.24) is 4.90 Å². The molecule has 0 bridgehead atoms. The van der Waals surface area contributed by atoms with Crippen molar-refractivity contribution in [2.24, 2.45) is 0 Å². The van der Waals surface area contributed by atoms with Crippen molar-refractivity contribution in [3.05, 3.63) is 95.6 Å². The Balaban J connectivity index is 1.37. The van der Waals surface area contributed by atoms with E-state index in [4.69, 9.17) is 0 Å². The molecule has 0 atom stereocenters. The van der Waals surface area contributed by atoms with Crippen LogP contribution < -0.4 is 10.6 Å². The molecule has 0 aromatic heterocycles. The van der Waals surface area contributed by atoms with E-state index in [0.29, 0.717) is 6.04 Å². The number of rotatable bonds is 5. The molecule has 4 heteroatoms. The molecule has 1 amide bonds. The Kier molecular flexibility index (Phi) is 5.60. The van der Waals surface area contributed by atoms with Crippen molar-refractivity contribution in [1.29, 1.82) is 0 Å². The van der Waals surface area contributed by atoms with E-state index in [1.807, 2.05) is 30.1 Å². The Morgan fingerprint density at radius 3 is 2.06 bits per heavy atom. The van der Waals surface area contributed by atoms with Crippen LogP contribution in [-0.4, -0.2) is 23.9 Å². The first-order valence-corrected chi connectivity index (χ1v) is 11.7. The summed E-state index contributed by atoms with van der Waals surface area (Å²) in [5.41, 5.74) is 4.93. The van der Waals surface area contributed by atoms with E-state index in [1.54, 1.807) is 0 Å². The zero-order valence-electron chi connectivity index (χ0n) is 18.7. The summed E-state index contributed by atoms with van der Waals surface area (Å²) in [7, 11) is 1.96. The topological polar surface area (TPSA) is 44.4 Å². The van der Waals surface area contributed by atoms with Crippen LogP contribution in [0.3, 0.4) is 0 Å². The minimum atomic E-state index is -0.421. The lowest BCUT2D eigenvalue weighted by molar-refractivity contribution is 0.0696. The first kappa shape index (κ1) is 20.6. The van der Waals surface area contributed by atoms with Gasteiger partial charge in [0.1, 0.15) is 5.66 Å². The van der Waals surface area contributed by atoms with Crippen LogP contribution in [0.4, 0.5) is 11.4 Å². The van der Waals surface area contributed by atoms with Crippen molar-refractivity contribution >= 4 is 17.3 Å². The van der Waals surface area contributed by atoms with Crippen LogP contribution in [0.25, 0.3) is 0 Å². The predicted octanol–water partition coefficient (Wildman–Crippen LogP) is 6.02. The summed E-state index contributed by atoms with van der Waals surface area (Å²) in [5, 5.41) is 7.45. The molecule has 0 saturated heterocycles.